The molecule has 0 spiro atoms. The van der Waals surface area contributed by atoms with E-state index in [0.29, 0.717) is 6.61 Å². The molecule has 0 bridgehead atoms. The molecule has 1 N–H and O–H groups in total. The Labute approximate surface area is 104 Å². The first kappa shape index (κ1) is 12.4. The van der Waals surface area contributed by atoms with Crippen LogP contribution in [0.1, 0.15) is 51.0 Å². The minimum atomic E-state index is -0.610. The summed E-state index contributed by atoms with van der Waals surface area (Å²) in [5.74, 6) is 0.883. The topological polar surface area (TPSA) is 29.5 Å². The summed E-state index contributed by atoms with van der Waals surface area (Å²) >= 11 is 0. The lowest BCUT2D eigenvalue weighted by molar-refractivity contribution is 0.0207. The summed E-state index contributed by atoms with van der Waals surface area (Å²) < 4.78 is 5.42. The summed E-state index contributed by atoms with van der Waals surface area (Å²) in [5, 5.41) is 10.7. The molecular weight excluding hydrogens is 212 g/mol. The van der Waals surface area contributed by atoms with E-state index in [2.05, 4.69) is 0 Å². The summed E-state index contributed by atoms with van der Waals surface area (Å²) in [6.07, 6.45) is 6.54. The van der Waals surface area contributed by atoms with Crippen molar-refractivity contribution in [2.24, 2.45) is 0 Å². The smallest absolute Gasteiger partial charge is 0.119 e. The quantitative estimate of drug-likeness (QED) is 0.809. The highest BCUT2D eigenvalue weighted by Gasteiger charge is 2.29. The molecule has 0 aliphatic heterocycles. The lowest BCUT2D eigenvalue weighted by atomic mass is 9.86. The average Bonchev–Trinajstić information content (AvgIpc) is 2.56. The highest BCUT2D eigenvalue weighted by atomic mass is 16.5. The standard InChI is InChI=1S/C15H22O2/c1-2-17-14-9-7-13(8-10-14)15(16)11-5-3-4-6-12-15/h7-10,16H,2-6,11-12H2,1H3. The van der Waals surface area contributed by atoms with Crippen LogP contribution in [-0.4, -0.2) is 11.7 Å². The van der Waals surface area contributed by atoms with Crippen LogP contribution in [0.5, 0.6) is 5.75 Å². The van der Waals surface area contributed by atoms with Crippen molar-refractivity contribution in [1.29, 1.82) is 0 Å². The van der Waals surface area contributed by atoms with Gasteiger partial charge in [0.25, 0.3) is 0 Å². The lowest BCUT2D eigenvalue weighted by Crippen LogP contribution is -2.24. The summed E-state index contributed by atoms with van der Waals surface area (Å²) in [6.45, 7) is 2.66. The van der Waals surface area contributed by atoms with Gasteiger partial charge in [-0.3, -0.25) is 0 Å². The second kappa shape index (κ2) is 5.54. The van der Waals surface area contributed by atoms with Gasteiger partial charge in [0, 0.05) is 0 Å². The van der Waals surface area contributed by atoms with Gasteiger partial charge in [-0.25, -0.2) is 0 Å². The second-order valence-electron chi connectivity index (χ2n) is 4.90. The van der Waals surface area contributed by atoms with E-state index < -0.39 is 5.60 Å². The summed E-state index contributed by atoms with van der Waals surface area (Å²) in [6, 6.07) is 7.94. The highest BCUT2D eigenvalue weighted by Crippen LogP contribution is 2.36. The van der Waals surface area contributed by atoms with Crippen LogP contribution in [0.15, 0.2) is 24.3 Å². The predicted octanol–water partition coefficient (Wildman–Crippen LogP) is 3.63. The van der Waals surface area contributed by atoms with Crippen molar-refractivity contribution in [2.45, 2.75) is 51.0 Å². The Balaban J connectivity index is 2.14. The van der Waals surface area contributed by atoms with Gasteiger partial charge in [0.15, 0.2) is 0 Å². The monoisotopic (exact) mass is 234 g/mol. The van der Waals surface area contributed by atoms with Gasteiger partial charge in [0.2, 0.25) is 0 Å². The molecule has 17 heavy (non-hydrogen) atoms. The number of aliphatic hydroxyl groups is 1. The highest BCUT2D eigenvalue weighted by molar-refractivity contribution is 5.31. The van der Waals surface area contributed by atoms with Crippen LogP contribution in [0, 0.1) is 0 Å². The van der Waals surface area contributed by atoms with E-state index in [0.717, 1.165) is 37.0 Å². The Morgan fingerprint density at radius 2 is 1.65 bits per heavy atom. The first-order valence-electron chi connectivity index (χ1n) is 6.70. The van der Waals surface area contributed by atoms with E-state index in [1.165, 1.54) is 12.8 Å². The van der Waals surface area contributed by atoms with Crippen molar-refractivity contribution in [3.05, 3.63) is 29.8 Å². The van der Waals surface area contributed by atoms with Crippen molar-refractivity contribution >= 4 is 0 Å². The normalized spacial score (nSPS) is 19.6. The largest absolute Gasteiger partial charge is 0.494 e. The zero-order valence-corrected chi connectivity index (χ0v) is 10.6. The molecule has 0 heterocycles. The molecule has 0 amide bonds. The van der Waals surface area contributed by atoms with Crippen LogP contribution in [0.3, 0.4) is 0 Å². The van der Waals surface area contributed by atoms with E-state index >= 15 is 0 Å². The first-order valence-corrected chi connectivity index (χ1v) is 6.70. The van der Waals surface area contributed by atoms with Gasteiger partial charge in [-0.1, -0.05) is 37.8 Å². The molecule has 0 radical (unpaired) electrons. The van der Waals surface area contributed by atoms with Crippen molar-refractivity contribution in [1.82, 2.24) is 0 Å². The van der Waals surface area contributed by atoms with Crippen LogP contribution in [-0.2, 0) is 5.60 Å². The maximum absolute atomic E-state index is 10.7. The molecule has 2 heteroatoms. The molecular formula is C15H22O2. The van der Waals surface area contributed by atoms with Gasteiger partial charge in [-0.2, -0.15) is 0 Å². The maximum Gasteiger partial charge on any atom is 0.119 e. The minimum Gasteiger partial charge on any atom is -0.494 e. The fraction of sp³-hybridized carbons (Fsp3) is 0.600. The number of ether oxygens (including phenoxy) is 1. The van der Waals surface area contributed by atoms with Crippen LogP contribution in [0.4, 0.5) is 0 Å². The van der Waals surface area contributed by atoms with Crippen molar-refractivity contribution in [3.63, 3.8) is 0 Å². The molecule has 0 unspecified atom stereocenters. The number of hydrogen-bond donors (Lipinski definition) is 1. The molecule has 2 nitrogen and oxygen atoms in total. The summed E-state index contributed by atoms with van der Waals surface area (Å²) in [4.78, 5) is 0. The van der Waals surface area contributed by atoms with Crippen LogP contribution < -0.4 is 4.74 Å². The summed E-state index contributed by atoms with van der Waals surface area (Å²) in [7, 11) is 0. The number of hydrogen-bond acceptors (Lipinski definition) is 2. The Morgan fingerprint density at radius 3 is 2.18 bits per heavy atom. The molecule has 1 aromatic carbocycles. The van der Waals surface area contributed by atoms with Gasteiger partial charge < -0.3 is 9.84 Å². The number of benzene rings is 1. The molecule has 2 rings (SSSR count). The van der Waals surface area contributed by atoms with Gasteiger partial charge in [0.05, 0.1) is 12.2 Å². The molecule has 0 aromatic heterocycles. The molecule has 0 atom stereocenters. The van der Waals surface area contributed by atoms with Crippen LogP contribution >= 0.6 is 0 Å². The second-order valence-corrected chi connectivity index (χ2v) is 4.90. The zero-order valence-electron chi connectivity index (χ0n) is 10.6. The van der Waals surface area contributed by atoms with Crippen LogP contribution in [0.2, 0.25) is 0 Å². The van der Waals surface area contributed by atoms with Gasteiger partial charge >= 0.3 is 0 Å². The van der Waals surface area contributed by atoms with Crippen molar-refractivity contribution in [3.8, 4) is 5.75 Å². The molecule has 1 aliphatic carbocycles. The summed E-state index contributed by atoms with van der Waals surface area (Å²) in [5.41, 5.74) is 0.434. The molecule has 94 valence electrons. The Morgan fingerprint density at radius 1 is 1.06 bits per heavy atom. The van der Waals surface area contributed by atoms with E-state index in [1.54, 1.807) is 0 Å². The molecule has 1 saturated carbocycles. The van der Waals surface area contributed by atoms with Gasteiger partial charge in [0.1, 0.15) is 5.75 Å². The van der Waals surface area contributed by atoms with E-state index in [9.17, 15) is 5.11 Å². The maximum atomic E-state index is 10.7. The van der Waals surface area contributed by atoms with E-state index in [4.69, 9.17) is 4.74 Å². The fourth-order valence-electron chi connectivity index (χ4n) is 2.63. The molecule has 1 fully saturated rings. The molecule has 1 aromatic rings. The number of rotatable bonds is 3. The first-order chi connectivity index (χ1) is 8.24. The predicted molar refractivity (Wildman–Crippen MR) is 69.2 cm³/mol. The van der Waals surface area contributed by atoms with Crippen LogP contribution in [0.25, 0.3) is 0 Å². The third-order valence-corrected chi connectivity index (χ3v) is 3.63. The minimum absolute atomic E-state index is 0.610. The Bertz CT molecular complexity index is 334. The van der Waals surface area contributed by atoms with E-state index in [-0.39, 0.29) is 0 Å². The van der Waals surface area contributed by atoms with Crippen molar-refractivity contribution in [2.75, 3.05) is 6.61 Å². The Hall–Kier alpha value is -1.02. The van der Waals surface area contributed by atoms with Crippen molar-refractivity contribution < 1.29 is 9.84 Å². The lowest BCUT2D eigenvalue weighted by Gasteiger charge is -2.27. The SMILES string of the molecule is CCOc1ccc(C2(O)CCCCCC2)cc1. The third-order valence-electron chi connectivity index (χ3n) is 3.63. The zero-order chi connectivity index (χ0) is 12.1. The van der Waals surface area contributed by atoms with Gasteiger partial charge in [-0.15, -0.1) is 0 Å². The van der Waals surface area contributed by atoms with E-state index in [1.807, 2.05) is 31.2 Å². The van der Waals surface area contributed by atoms with Gasteiger partial charge in [-0.05, 0) is 37.5 Å². The molecule has 0 saturated heterocycles. The average molecular weight is 234 g/mol. The fourth-order valence-corrected chi connectivity index (χ4v) is 2.63. The Kier molecular flexibility index (Phi) is 4.06. The molecule has 1 aliphatic rings. The third kappa shape index (κ3) is 3.01.